The molecule has 0 fully saturated rings. The Morgan fingerprint density at radius 1 is 1.28 bits per heavy atom. The maximum Gasteiger partial charge on any atom is 0.286 e. The number of amides is 1. The zero-order chi connectivity index (χ0) is 17.8. The molecule has 3 rings (SSSR count). The molecule has 1 aromatic heterocycles. The summed E-state index contributed by atoms with van der Waals surface area (Å²) in [5.41, 5.74) is 0.196. The molecule has 0 spiro atoms. The van der Waals surface area contributed by atoms with Gasteiger partial charge in [0.15, 0.2) is 17.2 Å². The largest absolute Gasteiger partial charge is 0.484 e. The minimum Gasteiger partial charge on any atom is -0.484 e. The predicted octanol–water partition coefficient (Wildman–Crippen LogP) is 3.67. The number of hydrogen-bond acceptors (Lipinski definition) is 3. The van der Waals surface area contributed by atoms with E-state index in [1.165, 1.54) is 10.6 Å². The second-order valence-corrected chi connectivity index (χ2v) is 6.13. The van der Waals surface area contributed by atoms with E-state index in [-0.39, 0.29) is 23.5 Å². The first kappa shape index (κ1) is 17.0. The van der Waals surface area contributed by atoms with E-state index in [1.807, 2.05) is 6.07 Å². The highest BCUT2D eigenvalue weighted by Gasteiger charge is 2.13. The molecule has 0 atom stereocenters. The Morgan fingerprint density at radius 3 is 2.76 bits per heavy atom. The summed E-state index contributed by atoms with van der Waals surface area (Å²) in [5, 5.41) is 0. The molecule has 3 aromatic rings. The lowest BCUT2D eigenvalue weighted by molar-refractivity contribution is -0.120. The van der Waals surface area contributed by atoms with Gasteiger partial charge < -0.3 is 9.30 Å². The molecule has 128 valence electrons. The Morgan fingerprint density at radius 2 is 2.04 bits per heavy atom. The second kappa shape index (κ2) is 7.40. The molecular weight excluding hydrogens is 346 g/mol. The lowest BCUT2D eigenvalue weighted by Crippen LogP contribution is -2.19. The summed E-state index contributed by atoms with van der Waals surface area (Å²) < 4.78 is 34.7. The molecular formula is C18H14F2N2O2S. The smallest absolute Gasteiger partial charge is 0.286 e. The molecule has 1 amide bonds. The zero-order valence-corrected chi connectivity index (χ0v) is 13.9. The average molecular weight is 360 g/mol. The Labute approximate surface area is 146 Å². The van der Waals surface area contributed by atoms with Gasteiger partial charge in [0.2, 0.25) is 0 Å². The van der Waals surface area contributed by atoms with Crippen LogP contribution in [0.4, 0.5) is 8.78 Å². The summed E-state index contributed by atoms with van der Waals surface area (Å²) in [6.07, 6.45) is 1.55. The number of nitrogens with zero attached hydrogens (tertiary/aromatic N) is 2. The summed E-state index contributed by atoms with van der Waals surface area (Å²) in [4.78, 5) is 16.3. The van der Waals surface area contributed by atoms with Gasteiger partial charge in [-0.15, -0.1) is 6.58 Å². The van der Waals surface area contributed by atoms with E-state index in [2.05, 4.69) is 11.6 Å². The molecule has 0 unspecified atom stereocenters. The van der Waals surface area contributed by atoms with Crippen molar-refractivity contribution >= 4 is 27.5 Å². The van der Waals surface area contributed by atoms with Gasteiger partial charge in [-0.3, -0.25) is 4.79 Å². The van der Waals surface area contributed by atoms with Crippen molar-refractivity contribution < 1.29 is 18.3 Å². The Hall–Kier alpha value is -2.80. The van der Waals surface area contributed by atoms with E-state index in [0.29, 0.717) is 10.4 Å². The number of fused-ring (bicyclic) bond motifs is 1. The summed E-state index contributed by atoms with van der Waals surface area (Å²) in [5.74, 6) is -1.35. The van der Waals surface area contributed by atoms with E-state index in [4.69, 9.17) is 4.74 Å². The molecule has 0 aliphatic rings. The van der Waals surface area contributed by atoms with Gasteiger partial charge in [0, 0.05) is 12.6 Å². The first-order valence-electron chi connectivity index (χ1n) is 7.43. The van der Waals surface area contributed by atoms with Crippen LogP contribution < -0.4 is 9.54 Å². The Bertz CT molecular complexity index is 993. The molecule has 0 bridgehead atoms. The molecule has 1 heterocycles. The quantitative estimate of drug-likeness (QED) is 0.652. The average Bonchev–Trinajstić information content (AvgIpc) is 2.91. The highest BCUT2D eigenvalue weighted by molar-refractivity contribution is 7.16. The van der Waals surface area contributed by atoms with Gasteiger partial charge in [-0.05, 0) is 18.2 Å². The fraction of sp³-hybridized carbons (Fsp3) is 0.111. The number of carbonyl (C=O) groups excluding carboxylic acids is 1. The maximum absolute atomic E-state index is 14.1. The van der Waals surface area contributed by atoms with Crippen molar-refractivity contribution in [1.29, 1.82) is 0 Å². The SMILES string of the molecule is C=CCn1c(=NC(=O)COc2ccccc2)sc2cc(F)cc(F)c21. The third-order valence-electron chi connectivity index (χ3n) is 3.33. The van der Waals surface area contributed by atoms with Gasteiger partial charge in [0.05, 0.1) is 10.2 Å². The van der Waals surface area contributed by atoms with E-state index in [0.717, 1.165) is 17.4 Å². The van der Waals surface area contributed by atoms with Crippen LogP contribution in [-0.4, -0.2) is 17.1 Å². The van der Waals surface area contributed by atoms with Crippen LogP contribution in [0.1, 0.15) is 0 Å². The molecule has 25 heavy (non-hydrogen) atoms. The standard InChI is InChI=1S/C18H14F2N2O2S/c1-2-8-22-17-14(20)9-12(19)10-15(17)25-18(22)21-16(23)11-24-13-6-4-3-5-7-13/h2-7,9-10H,1,8,11H2. The van der Waals surface area contributed by atoms with Crippen molar-refractivity contribution in [3.8, 4) is 5.75 Å². The topological polar surface area (TPSA) is 43.6 Å². The number of para-hydroxylation sites is 1. The number of ether oxygens (including phenoxy) is 1. The lowest BCUT2D eigenvalue weighted by Gasteiger charge is -2.03. The summed E-state index contributed by atoms with van der Waals surface area (Å²) in [7, 11) is 0. The van der Waals surface area contributed by atoms with Crippen LogP contribution in [0.15, 0.2) is 60.1 Å². The molecule has 0 aliphatic heterocycles. The fourth-order valence-electron chi connectivity index (χ4n) is 2.31. The first-order valence-corrected chi connectivity index (χ1v) is 8.25. The van der Waals surface area contributed by atoms with Gasteiger partial charge in [0.25, 0.3) is 5.91 Å². The highest BCUT2D eigenvalue weighted by atomic mass is 32.1. The monoisotopic (exact) mass is 360 g/mol. The number of halogens is 2. The molecule has 0 aliphatic carbocycles. The fourth-order valence-corrected chi connectivity index (χ4v) is 3.41. The van der Waals surface area contributed by atoms with Crippen LogP contribution in [0.2, 0.25) is 0 Å². The van der Waals surface area contributed by atoms with Crippen LogP contribution in [0.25, 0.3) is 10.2 Å². The summed E-state index contributed by atoms with van der Waals surface area (Å²) in [6, 6.07) is 10.9. The molecule has 0 saturated carbocycles. The van der Waals surface area contributed by atoms with Gasteiger partial charge >= 0.3 is 0 Å². The van der Waals surface area contributed by atoms with Crippen molar-refractivity contribution in [2.75, 3.05) is 6.61 Å². The van der Waals surface area contributed by atoms with Crippen molar-refractivity contribution in [2.45, 2.75) is 6.54 Å². The van der Waals surface area contributed by atoms with Crippen molar-refractivity contribution in [3.63, 3.8) is 0 Å². The third-order valence-corrected chi connectivity index (χ3v) is 4.36. The normalized spacial score (nSPS) is 11.7. The van der Waals surface area contributed by atoms with Crippen LogP contribution in [0.5, 0.6) is 5.75 Å². The van der Waals surface area contributed by atoms with Gasteiger partial charge in [-0.1, -0.05) is 35.6 Å². The first-order chi connectivity index (χ1) is 12.1. The zero-order valence-electron chi connectivity index (χ0n) is 13.1. The van der Waals surface area contributed by atoms with Gasteiger partial charge in [0.1, 0.15) is 11.6 Å². The predicted molar refractivity (Wildman–Crippen MR) is 92.4 cm³/mol. The number of carbonyl (C=O) groups is 1. The molecule has 2 aromatic carbocycles. The molecule has 0 N–H and O–H groups in total. The number of thiazole rings is 1. The minimum absolute atomic E-state index is 0.196. The van der Waals surface area contributed by atoms with Gasteiger partial charge in [-0.25, -0.2) is 8.78 Å². The van der Waals surface area contributed by atoms with E-state index >= 15 is 0 Å². The maximum atomic E-state index is 14.1. The third kappa shape index (κ3) is 3.83. The van der Waals surface area contributed by atoms with Crippen molar-refractivity contribution in [3.05, 3.63) is 71.6 Å². The Kier molecular flexibility index (Phi) is 5.04. The number of allylic oxidation sites excluding steroid dienone is 1. The highest BCUT2D eigenvalue weighted by Crippen LogP contribution is 2.22. The summed E-state index contributed by atoms with van der Waals surface area (Å²) in [6.45, 7) is 3.62. The van der Waals surface area contributed by atoms with Crippen LogP contribution in [0.3, 0.4) is 0 Å². The molecule has 0 radical (unpaired) electrons. The van der Waals surface area contributed by atoms with Crippen molar-refractivity contribution in [2.24, 2.45) is 4.99 Å². The van der Waals surface area contributed by atoms with Gasteiger partial charge in [-0.2, -0.15) is 4.99 Å². The van der Waals surface area contributed by atoms with Crippen LogP contribution in [-0.2, 0) is 11.3 Å². The molecule has 0 saturated heterocycles. The van der Waals surface area contributed by atoms with E-state index < -0.39 is 17.5 Å². The number of benzene rings is 2. The summed E-state index contributed by atoms with van der Waals surface area (Å²) >= 11 is 1.03. The van der Waals surface area contributed by atoms with Crippen LogP contribution in [0, 0.1) is 11.6 Å². The Balaban J connectivity index is 1.94. The van der Waals surface area contributed by atoms with E-state index in [1.54, 1.807) is 30.3 Å². The number of aromatic nitrogens is 1. The second-order valence-electron chi connectivity index (χ2n) is 5.13. The van der Waals surface area contributed by atoms with Crippen molar-refractivity contribution in [1.82, 2.24) is 4.57 Å². The molecule has 7 heteroatoms. The lowest BCUT2D eigenvalue weighted by atomic mass is 10.3. The van der Waals surface area contributed by atoms with Crippen LogP contribution >= 0.6 is 11.3 Å². The number of hydrogen-bond donors (Lipinski definition) is 0. The number of rotatable bonds is 5. The minimum atomic E-state index is -0.706. The molecule has 4 nitrogen and oxygen atoms in total. The van der Waals surface area contributed by atoms with E-state index in [9.17, 15) is 13.6 Å².